The van der Waals surface area contributed by atoms with Gasteiger partial charge in [-0.25, -0.2) is 15.0 Å². The number of hydrogen-bond acceptors (Lipinski definition) is 7. The van der Waals surface area contributed by atoms with Crippen LogP contribution in [0.3, 0.4) is 0 Å². The summed E-state index contributed by atoms with van der Waals surface area (Å²) in [6.45, 7) is 14.1. The Bertz CT molecular complexity index is 1950. The molecule has 0 N–H and O–H groups in total. The average Bonchev–Trinajstić information content (AvgIpc) is 3.91. The fraction of sp³-hybridized carbons (Fsp3) is 0.500. The number of unbranched alkanes of at least 4 members (excludes halogenated alkanes) is 9. The van der Waals surface area contributed by atoms with Crippen LogP contribution in [0.5, 0.6) is 0 Å². The van der Waals surface area contributed by atoms with Gasteiger partial charge in [-0.05, 0) is 55.7 Å². The molecular formula is C48H66N10. The van der Waals surface area contributed by atoms with Gasteiger partial charge in [-0.1, -0.05) is 115 Å². The highest BCUT2D eigenvalue weighted by molar-refractivity contribution is 5.86. The zero-order valence-electron chi connectivity index (χ0n) is 35.5. The fourth-order valence-electron chi connectivity index (χ4n) is 7.74. The molecule has 58 heavy (non-hydrogen) atoms. The predicted molar refractivity (Wildman–Crippen MR) is 245 cm³/mol. The third kappa shape index (κ3) is 12.0. The molecule has 10 nitrogen and oxygen atoms in total. The molecule has 0 saturated carbocycles. The molecule has 3 aromatic carbocycles. The Hall–Kier alpha value is -4.96. The number of aromatic nitrogens is 6. The van der Waals surface area contributed by atoms with Crippen LogP contribution in [0, 0.1) is 0 Å². The molecule has 3 aromatic heterocycles. The van der Waals surface area contributed by atoms with E-state index in [0.29, 0.717) is 19.6 Å². The molecule has 10 heteroatoms. The van der Waals surface area contributed by atoms with Crippen molar-refractivity contribution in [1.82, 2.24) is 33.6 Å². The van der Waals surface area contributed by atoms with E-state index in [1.807, 2.05) is 18.6 Å². The van der Waals surface area contributed by atoms with Crippen molar-refractivity contribution in [1.29, 1.82) is 0 Å². The van der Waals surface area contributed by atoms with Crippen molar-refractivity contribution in [2.75, 3.05) is 39.3 Å². The van der Waals surface area contributed by atoms with Gasteiger partial charge in [-0.3, -0.25) is 19.9 Å². The molecule has 0 aliphatic rings. The topological polar surface area (TPSA) is 93.8 Å². The summed E-state index contributed by atoms with van der Waals surface area (Å²) in [5.74, 6) is 2.82. The molecule has 0 aliphatic heterocycles. The molecule has 0 fully saturated rings. The van der Waals surface area contributed by atoms with Crippen LogP contribution >= 0.6 is 0 Å². The molecule has 0 unspecified atom stereocenters. The van der Waals surface area contributed by atoms with E-state index in [-0.39, 0.29) is 0 Å². The van der Waals surface area contributed by atoms with E-state index in [4.69, 9.17) is 29.9 Å². The largest absolute Gasteiger partial charge is 0.323 e. The highest BCUT2D eigenvalue weighted by Crippen LogP contribution is 2.19. The first kappa shape index (κ1) is 42.6. The van der Waals surface area contributed by atoms with Crippen LogP contribution in [0.25, 0.3) is 33.1 Å². The zero-order chi connectivity index (χ0) is 40.2. The molecule has 308 valence electrons. The number of hydrogen-bond donors (Lipinski definition) is 0. The summed E-state index contributed by atoms with van der Waals surface area (Å²) in [6.07, 6.45) is 20.5. The number of aryl methyl sites for hydroxylation is 3. The van der Waals surface area contributed by atoms with Crippen molar-refractivity contribution in [3.8, 4) is 0 Å². The van der Waals surface area contributed by atoms with E-state index < -0.39 is 0 Å². The highest BCUT2D eigenvalue weighted by Gasteiger charge is 2.12. The van der Waals surface area contributed by atoms with Crippen molar-refractivity contribution in [2.24, 2.45) is 15.0 Å². The lowest BCUT2D eigenvalue weighted by Crippen LogP contribution is -2.31. The average molecular weight is 783 g/mol. The SMILES string of the molecule is CCCCCCn1c(C=NCCN(CCN=Cc2nc3ccccc3n2CCCCCC)CCN=Cc2nc3ccccc3n2CCCCCC)nc2ccccc21. The van der Waals surface area contributed by atoms with Crippen LogP contribution in [0.15, 0.2) is 87.8 Å². The fourth-order valence-corrected chi connectivity index (χ4v) is 7.74. The third-order valence-electron chi connectivity index (χ3n) is 11.0. The first-order chi connectivity index (χ1) is 28.7. The maximum absolute atomic E-state index is 4.95. The number of imidazole rings is 3. The molecule has 0 spiro atoms. The summed E-state index contributed by atoms with van der Waals surface area (Å²) < 4.78 is 7.01. The van der Waals surface area contributed by atoms with Crippen molar-refractivity contribution in [3.63, 3.8) is 0 Å². The second-order valence-electron chi connectivity index (χ2n) is 15.5. The number of aliphatic imine (C=N–C) groups is 3. The highest BCUT2D eigenvalue weighted by atomic mass is 15.2. The number of rotatable bonds is 27. The summed E-state index contributed by atoms with van der Waals surface area (Å²) in [5.41, 5.74) is 6.63. The number of fused-ring (bicyclic) bond motifs is 3. The Morgan fingerprint density at radius 1 is 0.431 bits per heavy atom. The molecule has 0 atom stereocenters. The standard InChI is InChI=1S/C48H66N10/c1-4-7-10-19-31-56-43-25-16-13-22-40(43)52-46(56)37-49-28-34-55(35-29-50-38-47-53-41-23-14-17-26-44(41)57(47)32-20-11-8-5-2)36-30-51-39-48-54-42-24-15-18-27-45(42)58(48)33-21-12-9-6-3/h13-18,22-27,37-39H,4-12,19-21,28-36H2,1-3H3. The quantitative estimate of drug-likeness (QED) is 0.0384. The first-order valence-corrected chi connectivity index (χ1v) is 22.3. The van der Waals surface area contributed by atoms with Gasteiger partial charge in [0.25, 0.3) is 0 Å². The number of nitrogens with zero attached hydrogens (tertiary/aromatic N) is 10. The minimum absolute atomic E-state index is 0.674. The third-order valence-corrected chi connectivity index (χ3v) is 11.0. The van der Waals surface area contributed by atoms with Gasteiger partial charge in [0.2, 0.25) is 0 Å². The van der Waals surface area contributed by atoms with Gasteiger partial charge >= 0.3 is 0 Å². The predicted octanol–water partition coefficient (Wildman–Crippen LogP) is 10.4. The van der Waals surface area contributed by atoms with Crippen molar-refractivity contribution in [3.05, 3.63) is 90.3 Å². The van der Waals surface area contributed by atoms with Gasteiger partial charge < -0.3 is 13.7 Å². The Kier molecular flexibility index (Phi) is 17.2. The van der Waals surface area contributed by atoms with Gasteiger partial charge in [-0.2, -0.15) is 0 Å². The van der Waals surface area contributed by atoms with Gasteiger partial charge in [0, 0.05) is 39.3 Å². The Morgan fingerprint density at radius 2 is 0.741 bits per heavy atom. The molecular weight excluding hydrogens is 717 g/mol. The monoisotopic (exact) mass is 783 g/mol. The van der Waals surface area contributed by atoms with Crippen LogP contribution < -0.4 is 0 Å². The van der Waals surface area contributed by atoms with E-state index in [2.05, 4.69) is 112 Å². The number of para-hydroxylation sites is 6. The Labute approximate surface area is 346 Å². The van der Waals surface area contributed by atoms with Gasteiger partial charge in [-0.15, -0.1) is 0 Å². The molecule has 6 rings (SSSR count). The first-order valence-electron chi connectivity index (χ1n) is 22.3. The molecule has 3 heterocycles. The van der Waals surface area contributed by atoms with Crippen LogP contribution in [-0.2, 0) is 19.6 Å². The second-order valence-corrected chi connectivity index (χ2v) is 15.5. The summed E-state index contributed by atoms with van der Waals surface area (Å²) in [6, 6.07) is 25.3. The van der Waals surface area contributed by atoms with Gasteiger partial charge in [0.05, 0.1) is 71.4 Å². The molecule has 0 amide bonds. The maximum Gasteiger partial charge on any atom is 0.151 e. The minimum Gasteiger partial charge on any atom is -0.323 e. The van der Waals surface area contributed by atoms with Crippen LogP contribution in [-0.4, -0.2) is 91.5 Å². The molecule has 0 aliphatic carbocycles. The van der Waals surface area contributed by atoms with E-state index in [1.54, 1.807) is 0 Å². The van der Waals surface area contributed by atoms with E-state index in [9.17, 15) is 0 Å². The zero-order valence-corrected chi connectivity index (χ0v) is 35.5. The van der Waals surface area contributed by atoms with Crippen LogP contribution in [0.4, 0.5) is 0 Å². The summed E-state index contributed by atoms with van der Waals surface area (Å²) in [4.78, 5) is 32.1. The normalized spacial score (nSPS) is 12.4. The lowest BCUT2D eigenvalue weighted by molar-refractivity contribution is 0.298. The summed E-state index contributed by atoms with van der Waals surface area (Å²) >= 11 is 0. The van der Waals surface area contributed by atoms with Crippen LogP contribution in [0.1, 0.15) is 115 Å². The lowest BCUT2D eigenvalue weighted by atomic mass is 10.2. The molecule has 0 radical (unpaired) electrons. The van der Waals surface area contributed by atoms with Crippen molar-refractivity contribution < 1.29 is 0 Å². The van der Waals surface area contributed by atoms with Crippen molar-refractivity contribution in [2.45, 2.75) is 117 Å². The molecule has 6 aromatic rings. The minimum atomic E-state index is 0.674. The van der Waals surface area contributed by atoms with E-state index in [0.717, 1.165) is 92.6 Å². The van der Waals surface area contributed by atoms with Crippen molar-refractivity contribution >= 4 is 51.7 Å². The van der Waals surface area contributed by atoms with E-state index >= 15 is 0 Å². The summed E-state index contributed by atoms with van der Waals surface area (Å²) in [5, 5.41) is 0. The smallest absolute Gasteiger partial charge is 0.151 e. The van der Waals surface area contributed by atoms with Gasteiger partial charge in [0.1, 0.15) is 0 Å². The maximum atomic E-state index is 4.95. The second kappa shape index (κ2) is 23.4. The van der Waals surface area contributed by atoms with Gasteiger partial charge in [0.15, 0.2) is 17.5 Å². The van der Waals surface area contributed by atoms with E-state index in [1.165, 1.54) is 74.3 Å². The molecule has 0 saturated heterocycles. The Balaban J connectivity index is 1.13. The van der Waals surface area contributed by atoms with Crippen LogP contribution in [0.2, 0.25) is 0 Å². The molecule has 0 bridgehead atoms. The lowest BCUT2D eigenvalue weighted by Gasteiger charge is -2.19. The Morgan fingerprint density at radius 3 is 1.05 bits per heavy atom. The number of benzene rings is 3. The summed E-state index contributed by atoms with van der Waals surface area (Å²) in [7, 11) is 0.